The Kier molecular flexibility index (Phi) is 6.94. The molecule has 9 heteroatoms. The van der Waals surface area contributed by atoms with Gasteiger partial charge >= 0.3 is 12.3 Å². The minimum absolute atomic E-state index is 0.187. The van der Waals surface area contributed by atoms with Crippen LogP contribution in [0.2, 0.25) is 0 Å². The number of ether oxygens (including phenoxy) is 2. The Morgan fingerprint density at radius 3 is 2.46 bits per heavy atom. The number of rotatable bonds is 6. The van der Waals surface area contributed by atoms with Gasteiger partial charge in [0.1, 0.15) is 10.5 Å². The maximum Gasteiger partial charge on any atom is 0.573 e. The van der Waals surface area contributed by atoms with Crippen molar-refractivity contribution in [2.75, 3.05) is 7.11 Å². The molecule has 136 valence electrons. The number of alkyl halides is 3. The van der Waals surface area contributed by atoms with E-state index in [1.54, 1.807) is 20.8 Å². The summed E-state index contributed by atoms with van der Waals surface area (Å²) < 4.78 is 59.9. The molecule has 0 radical (unpaired) electrons. The van der Waals surface area contributed by atoms with Crippen LogP contribution in [-0.2, 0) is 20.9 Å². The van der Waals surface area contributed by atoms with E-state index in [2.05, 4.69) is 14.2 Å². The summed E-state index contributed by atoms with van der Waals surface area (Å²) in [4.78, 5) is 11.6. The first-order valence-corrected chi connectivity index (χ1v) is 8.18. The molecule has 1 aromatic carbocycles. The highest BCUT2D eigenvalue weighted by molar-refractivity contribution is 7.90. The van der Waals surface area contributed by atoms with Crippen LogP contribution >= 0.6 is 0 Å². The predicted octanol–water partition coefficient (Wildman–Crippen LogP) is 3.24. The van der Waals surface area contributed by atoms with E-state index in [1.807, 2.05) is 0 Å². The maximum atomic E-state index is 12.3. The first kappa shape index (κ1) is 20.6. The number of carbonyl (C=O) groups is 1. The van der Waals surface area contributed by atoms with Gasteiger partial charge in [-0.15, -0.1) is 17.9 Å². The second kappa shape index (κ2) is 8.09. The van der Waals surface area contributed by atoms with Gasteiger partial charge in [0.05, 0.1) is 19.6 Å². The molecule has 1 N–H and O–H groups in total. The Bertz CT molecular complexity index is 560. The average Bonchev–Trinajstić information content (AvgIpc) is 2.43. The number of hydrogen-bond acceptors (Lipinski definition) is 5. The molecule has 0 aliphatic rings. The number of carbonyl (C=O) groups excluding carboxylic acids is 1. The number of methoxy groups -OCH3 is 1. The summed E-state index contributed by atoms with van der Waals surface area (Å²) in [5, 5.41) is 0. The molecule has 0 aromatic heterocycles. The van der Waals surface area contributed by atoms with E-state index < -0.39 is 40.2 Å². The normalized spacial score (nSPS) is 14.8. The summed E-state index contributed by atoms with van der Waals surface area (Å²) in [6.45, 7) is 5.19. The molecule has 0 saturated heterocycles. The molecular formula is C15H20F3NO4S. The average molecular weight is 367 g/mol. The SMILES string of the molecule is COC(=O)C[C@H](N[S@+]([O-])C(C)(C)C)c1cccc(OC(F)(F)F)c1. The van der Waals surface area contributed by atoms with Crippen LogP contribution in [0.25, 0.3) is 0 Å². The number of halogens is 3. The van der Waals surface area contributed by atoms with E-state index in [-0.39, 0.29) is 6.42 Å². The fourth-order valence-electron chi connectivity index (χ4n) is 1.71. The minimum atomic E-state index is -4.82. The van der Waals surface area contributed by atoms with Gasteiger partial charge in [0.25, 0.3) is 0 Å². The van der Waals surface area contributed by atoms with Gasteiger partial charge in [0, 0.05) is 11.4 Å². The molecule has 0 heterocycles. The number of hydrogen-bond donors (Lipinski definition) is 1. The second-order valence-electron chi connectivity index (χ2n) is 5.95. The molecule has 24 heavy (non-hydrogen) atoms. The molecule has 1 aromatic rings. The van der Waals surface area contributed by atoms with Crippen molar-refractivity contribution in [2.45, 2.75) is 44.3 Å². The first-order valence-electron chi connectivity index (χ1n) is 7.03. The Balaban J connectivity index is 3.05. The van der Waals surface area contributed by atoms with Crippen molar-refractivity contribution in [3.63, 3.8) is 0 Å². The summed E-state index contributed by atoms with van der Waals surface area (Å²) in [6.07, 6.45) is -5.01. The molecular weight excluding hydrogens is 347 g/mol. The van der Waals surface area contributed by atoms with Gasteiger partial charge in [-0.05, 0) is 38.5 Å². The quantitative estimate of drug-likeness (QED) is 0.617. The fraction of sp³-hybridized carbons (Fsp3) is 0.533. The molecule has 0 spiro atoms. The lowest BCUT2D eigenvalue weighted by atomic mass is 10.0. The Hall–Kier alpha value is -1.45. The third kappa shape index (κ3) is 6.98. The van der Waals surface area contributed by atoms with Crippen LogP contribution < -0.4 is 9.46 Å². The molecule has 0 saturated carbocycles. The smallest absolute Gasteiger partial charge is 0.573 e. The van der Waals surface area contributed by atoms with Crippen molar-refractivity contribution < 1.29 is 32.0 Å². The zero-order chi connectivity index (χ0) is 18.5. The van der Waals surface area contributed by atoms with Crippen LogP contribution in [-0.4, -0.2) is 28.7 Å². The van der Waals surface area contributed by atoms with Crippen molar-refractivity contribution in [1.29, 1.82) is 0 Å². The lowest BCUT2D eigenvalue weighted by Gasteiger charge is -2.28. The topological polar surface area (TPSA) is 70.6 Å². The number of esters is 1. The van der Waals surface area contributed by atoms with Gasteiger partial charge in [-0.3, -0.25) is 4.79 Å². The summed E-state index contributed by atoms with van der Waals surface area (Å²) in [5.41, 5.74) is 0.333. The molecule has 0 amide bonds. The summed E-state index contributed by atoms with van der Waals surface area (Å²) in [6, 6.07) is 4.39. The van der Waals surface area contributed by atoms with Crippen LogP contribution in [0.3, 0.4) is 0 Å². The van der Waals surface area contributed by atoms with Crippen LogP contribution in [0.4, 0.5) is 13.2 Å². The van der Waals surface area contributed by atoms with Gasteiger partial charge in [0.2, 0.25) is 0 Å². The zero-order valence-electron chi connectivity index (χ0n) is 13.8. The number of nitrogens with one attached hydrogen (secondary N) is 1. The maximum absolute atomic E-state index is 12.3. The highest BCUT2D eigenvalue weighted by atomic mass is 32.2. The van der Waals surface area contributed by atoms with Crippen LogP contribution in [0.5, 0.6) is 5.75 Å². The van der Waals surface area contributed by atoms with Crippen LogP contribution in [0.1, 0.15) is 38.8 Å². The number of benzene rings is 1. The van der Waals surface area contributed by atoms with Gasteiger partial charge < -0.3 is 14.0 Å². The molecule has 5 nitrogen and oxygen atoms in total. The van der Waals surface area contributed by atoms with Crippen LogP contribution in [0, 0.1) is 0 Å². The highest BCUT2D eigenvalue weighted by Crippen LogP contribution is 2.28. The molecule has 0 bridgehead atoms. The molecule has 0 fully saturated rings. The monoisotopic (exact) mass is 367 g/mol. The predicted molar refractivity (Wildman–Crippen MR) is 83.5 cm³/mol. The van der Waals surface area contributed by atoms with Gasteiger partial charge in [-0.2, -0.15) is 0 Å². The lowest BCUT2D eigenvalue weighted by Crippen LogP contribution is -2.41. The highest BCUT2D eigenvalue weighted by Gasteiger charge is 2.33. The molecule has 0 aliphatic heterocycles. The van der Waals surface area contributed by atoms with Gasteiger partial charge in [0.15, 0.2) is 0 Å². The van der Waals surface area contributed by atoms with Crippen molar-refractivity contribution in [2.24, 2.45) is 0 Å². The zero-order valence-corrected chi connectivity index (χ0v) is 14.6. The Morgan fingerprint density at radius 2 is 1.96 bits per heavy atom. The summed E-state index contributed by atoms with van der Waals surface area (Å²) in [5.74, 6) is -1.00. The van der Waals surface area contributed by atoms with Crippen LogP contribution in [0.15, 0.2) is 24.3 Å². The molecule has 0 unspecified atom stereocenters. The van der Waals surface area contributed by atoms with E-state index in [0.717, 1.165) is 12.1 Å². The minimum Gasteiger partial charge on any atom is -0.598 e. The second-order valence-corrected chi connectivity index (χ2v) is 7.95. The third-order valence-electron chi connectivity index (χ3n) is 2.90. The van der Waals surface area contributed by atoms with Crippen molar-refractivity contribution in [1.82, 2.24) is 4.72 Å². The standard InChI is InChI=1S/C15H20F3NO4S/c1-14(2,3)24(21)19-12(9-13(20)22-4)10-6-5-7-11(8-10)23-15(16,17)18/h5-8,12,19H,9H2,1-4H3/t12-,24+/m0/s1. The third-order valence-corrected chi connectivity index (χ3v) is 4.51. The van der Waals surface area contributed by atoms with E-state index in [0.29, 0.717) is 5.56 Å². The van der Waals surface area contributed by atoms with Crippen molar-refractivity contribution >= 4 is 17.3 Å². The molecule has 2 atom stereocenters. The Morgan fingerprint density at radius 1 is 1.33 bits per heavy atom. The van der Waals surface area contributed by atoms with Crippen molar-refractivity contribution in [3.8, 4) is 5.75 Å². The first-order chi connectivity index (χ1) is 10.9. The van der Waals surface area contributed by atoms with E-state index in [4.69, 9.17) is 0 Å². The van der Waals surface area contributed by atoms with Crippen molar-refractivity contribution in [3.05, 3.63) is 29.8 Å². The largest absolute Gasteiger partial charge is 0.598 e. The summed E-state index contributed by atoms with van der Waals surface area (Å²) in [7, 11) is 1.20. The van der Waals surface area contributed by atoms with Gasteiger partial charge in [-0.25, -0.2) is 0 Å². The van der Waals surface area contributed by atoms with E-state index >= 15 is 0 Å². The summed E-state index contributed by atoms with van der Waals surface area (Å²) >= 11 is -1.53. The van der Waals surface area contributed by atoms with Gasteiger partial charge in [-0.1, -0.05) is 12.1 Å². The molecule has 0 aliphatic carbocycles. The lowest BCUT2D eigenvalue weighted by molar-refractivity contribution is -0.274. The van der Waals surface area contributed by atoms with E-state index in [9.17, 15) is 22.5 Å². The Labute approximate surface area is 141 Å². The molecule has 1 rings (SSSR count). The van der Waals surface area contributed by atoms with E-state index in [1.165, 1.54) is 19.2 Å². The fourth-order valence-corrected chi connectivity index (χ4v) is 2.54.